The number of aromatic nitrogens is 2. The molecule has 0 atom stereocenters. The van der Waals surface area contributed by atoms with Crippen molar-refractivity contribution in [2.75, 3.05) is 0 Å². The number of amides is 1. The van der Waals surface area contributed by atoms with Gasteiger partial charge in [-0.3, -0.25) is 4.79 Å². The molecule has 4 aromatic rings. The number of para-hydroxylation sites is 1. The van der Waals surface area contributed by atoms with Crippen molar-refractivity contribution in [1.82, 2.24) is 14.7 Å². The summed E-state index contributed by atoms with van der Waals surface area (Å²) in [7, 11) is 0. The zero-order chi connectivity index (χ0) is 15.8. The number of benzene rings is 1. The third kappa shape index (κ3) is 2.36. The average Bonchev–Trinajstić information content (AvgIpc) is 3.14. The number of carbonyl (C=O) groups excluding carboxylic acids is 1. The predicted molar refractivity (Wildman–Crippen MR) is 87.3 cm³/mol. The Labute approximate surface area is 132 Å². The minimum absolute atomic E-state index is 0.226. The molecule has 4 rings (SSSR count). The van der Waals surface area contributed by atoms with Crippen LogP contribution in [0.25, 0.3) is 16.6 Å². The molecule has 0 aliphatic carbocycles. The van der Waals surface area contributed by atoms with Crippen LogP contribution >= 0.6 is 0 Å². The lowest BCUT2D eigenvalue weighted by Gasteiger charge is -2.01. The Morgan fingerprint density at radius 3 is 2.87 bits per heavy atom. The lowest BCUT2D eigenvalue weighted by atomic mass is 10.1. The Morgan fingerprint density at radius 1 is 1.22 bits per heavy atom. The van der Waals surface area contributed by atoms with Crippen LogP contribution in [0.5, 0.6) is 0 Å². The highest BCUT2D eigenvalue weighted by atomic mass is 16.3. The normalized spacial score (nSPS) is 11.2. The van der Waals surface area contributed by atoms with Crippen LogP contribution in [-0.4, -0.2) is 15.3 Å². The van der Waals surface area contributed by atoms with E-state index in [-0.39, 0.29) is 5.91 Å². The third-order valence-electron chi connectivity index (χ3n) is 3.89. The fraction of sp³-hybridized carbons (Fsp3) is 0.111. The van der Waals surface area contributed by atoms with Gasteiger partial charge in [0.2, 0.25) is 0 Å². The Morgan fingerprint density at radius 2 is 2.04 bits per heavy atom. The van der Waals surface area contributed by atoms with Crippen molar-refractivity contribution < 1.29 is 9.21 Å². The maximum absolute atomic E-state index is 12.4. The van der Waals surface area contributed by atoms with E-state index in [1.54, 1.807) is 0 Å². The number of pyridine rings is 1. The summed E-state index contributed by atoms with van der Waals surface area (Å²) >= 11 is 0. The van der Waals surface area contributed by atoms with Crippen molar-refractivity contribution in [3.8, 4) is 0 Å². The van der Waals surface area contributed by atoms with Gasteiger partial charge in [0, 0.05) is 23.3 Å². The lowest BCUT2D eigenvalue weighted by Crippen LogP contribution is -2.23. The molecule has 0 bridgehead atoms. The molecular weight excluding hydrogens is 290 g/mol. The number of aryl methyl sites for hydroxylation is 1. The summed E-state index contributed by atoms with van der Waals surface area (Å²) in [6.07, 6.45) is 3.83. The van der Waals surface area contributed by atoms with Crippen LogP contribution in [0, 0.1) is 6.92 Å². The molecule has 5 heteroatoms. The SMILES string of the molecule is Cc1c(C(=O)NCc2cn3ccccc3n2)oc2ccccc12. The topological polar surface area (TPSA) is 59.5 Å². The largest absolute Gasteiger partial charge is 0.451 e. The second kappa shape index (κ2) is 5.28. The number of furan rings is 1. The highest BCUT2D eigenvalue weighted by molar-refractivity contribution is 5.98. The molecule has 114 valence electrons. The van der Waals surface area contributed by atoms with E-state index >= 15 is 0 Å². The monoisotopic (exact) mass is 305 g/mol. The summed E-state index contributed by atoms with van der Waals surface area (Å²) in [6.45, 7) is 2.25. The number of imidazole rings is 1. The van der Waals surface area contributed by atoms with Gasteiger partial charge >= 0.3 is 0 Å². The van der Waals surface area contributed by atoms with Gasteiger partial charge in [0.25, 0.3) is 5.91 Å². The highest BCUT2D eigenvalue weighted by Gasteiger charge is 2.17. The van der Waals surface area contributed by atoms with Crippen molar-refractivity contribution in [3.05, 3.63) is 71.9 Å². The van der Waals surface area contributed by atoms with E-state index in [0.717, 1.165) is 27.9 Å². The van der Waals surface area contributed by atoms with Gasteiger partial charge in [-0.15, -0.1) is 0 Å². The first-order chi connectivity index (χ1) is 11.2. The molecule has 0 spiro atoms. The lowest BCUT2D eigenvalue weighted by molar-refractivity contribution is 0.0924. The standard InChI is InChI=1S/C18H15N3O2/c1-12-14-6-2-3-7-15(14)23-17(12)18(22)19-10-13-11-21-9-5-4-8-16(21)20-13/h2-9,11H,10H2,1H3,(H,19,22). The fourth-order valence-corrected chi connectivity index (χ4v) is 2.71. The number of carbonyl (C=O) groups is 1. The molecule has 1 amide bonds. The van der Waals surface area contributed by atoms with E-state index in [9.17, 15) is 4.79 Å². The number of hydrogen-bond donors (Lipinski definition) is 1. The molecule has 5 nitrogen and oxygen atoms in total. The molecule has 0 saturated heterocycles. The van der Waals surface area contributed by atoms with Crippen LogP contribution < -0.4 is 5.32 Å². The predicted octanol–water partition coefficient (Wildman–Crippen LogP) is 3.32. The van der Waals surface area contributed by atoms with Gasteiger partial charge in [-0.2, -0.15) is 0 Å². The number of hydrogen-bond acceptors (Lipinski definition) is 3. The summed E-state index contributed by atoms with van der Waals surface area (Å²) in [4.78, 5) is 16.8. The second-order valence-electron chi connectivity index (χ2n) is 5.43. The van der Waals surface area contributed by atoms with Crippen LogP contribution in [0.3, 0.4) is 0 Å². The van der Waals surface area contributed by atoms with Crippen LogP contribution in [0.2, 0.25) is 0 Å². The minimum Gasteiger partial charge on any atom is -0.451 e. The first kappa shape index (κ1) is 13.6. The highest BCUT2D eigenvalue weighted by Crippen LogP contribution is 2.24. The average molecular weight is 305 g/mol. The molecule has 0 unspecified atom stereocenters. The van der Waals surface area contributed by atoms with E-state index in [1.165, 1.54) is 0 Å². The van der Waals surface area contributed by atoms with Gasteiger partial charge in [0.05, 0.1) is 12.2 Å². The summed E-state index contributed by atoms with van der Waals surface area (Å²) in [5.41, 5.74) is 3.24. The molecule has 1 N–H and O–H groups in total. The molecule has 0 saturated carbocycles. The quantitative estimate of drug-likeness (QED) is 0.631. The van der Waals surface area contributed by atoms with Crippen molar-refractivity contribution in [1.29, 1.82) is 0 Å². The van der Waals surface area contributed by atoms with Gasteiger partial charge in [-0.1, -0.05) is 24.3 Å². The van der Waals surface area contributed by atoms with Gasteiger partial charge in [-0.05, 0) is 25.1 Å². The number of fused-ring (bicyclic) bond motifs is 2. The van der Waals surface area contributed by atoms with E-state index in [1.807, 2.05) is 66.2 Å². The summed E-state index contributed by atoms with van der Waals surface area (Å²) < 4.78 is 7.59. The summed E-state index contributed by atoms with van der Waals surface area (Å²) in [6, 6.07) is 13.4. The van der Waals surface area contributed by atoms with Crippen molar-refractivity contribution in [2.24, 2.45) is 0 Å². The molecule has 1 aromatic carbocycles. The van der Waals surface area contributed by atoms with Crippen LogP contribution in [0.15, 0.2) is 59.3 Å². The zero-order valence-electron chi connectivity index (χ0n) is 12.6. The van der Waals surface area contributed by atoms with Gasteiger partial charge in [0.1, 0.15) is 11.2 Å². The van der Waals surface area contributed by atoms with Gasteiger partial charge in [-0.25, -0.2) is 4.98 Å². The molecule has 3 heterocycles. The van der Waals surface area contributed by atoms with E-state index in [2.05, 4.69) is 10.3 Å². The smallest absolute Gasteiger partial charge is 0.287 e. The zero-order valence-corrected chi connectivity index (χ0v) is 12.6. The Balaban J connectivity index is 1.56. The van der Waals surface area contributed by atoms with Crippen molar-refractivity contribution >= 4 is 22.5 Å². The Bertz CT molecular complexity index is 980. The van der Waals surface area contributed by atoms with Crippen LogP contribution in [-0.2, 0) is 6.54 Å². The van der Waals surface area contributed by atoms with Gasteiger partial charge < -0.3 is 14.1 Å². The first-order valence-electron chi connectivity index (χ1n) is 7.41. The molecule has 0 aliphatic heterocycles. The van der Waals surface area contributed by atoms with Crippen LogP contribution in [0.4, 0.5) is 0 Å². The second-order valence-corrected chi connectivity index (χ2v) is 5.43. The number of rotatable bonds is 3. The van der Waals surface area contributed by atoms with E-state index in [0.29, 0.717) is 12.3 Å². The third-order valence-corrected chi connectivity index (χ3v) is 3.89. The van der Waals surface area contributed by atoms with Gasteiger partial charge in [0.15, 0.2) is 5.76 Å². The fourth-order valence-electron chi connectivity index (χ4n) is 2.71. The first-order valence-corrected chi connectivity index (χ1v) is 7.41. The Hall–Kier alpha value is -3.08. The number of nitrogens with zero attached hydrogens (tertiary/aromatic N) is 2. The maximum Gasteiger partial charge on any atom is 0.287 e. The summed E-state index contributed by atoms with van der Waals surface area (Å²) in [5.74, 6) is 0.130. The number of nitrogens with one attached hydrogen (secondary N) is 1. The van der Waals surface area contributed by atoms with Crippen molar-refractivity contribution in [2.45, 2.75) is 13.5 Å². The molecular formula is C18H15N3O2. The Kier molecular flexibility index (Phi) is 3.12. The van der Waals surface area contributed by atoms with Crippen molar-refractivity contribution in [3.63, 3.8) is 0 Å². The molecule has 0 aliphatic rings. The molecule has 0 fully saturated rings. The minimum atomic E-state index is -0.226. The van der Waals surface area contributed by atoms with Crippen LogP contribution in [0.1, 0.15) is 21.8 Å². The van der Waals surface area contributed by atoms with E-state index in [4.69, 9.17) is 4.42 Å². The van der Waals surface area contributed by atoms with E-state index < -0.39 is 0 Å². The molecule has 0 radical (unpaired) electrons. The maximum atomic E-state index is 12.4. The molecule has 23 heavy (non-hydrogen) atoms. The molecule has 3 aromatic heterocycles. The summed E-state index contributed by atoms with van der Waals surface area (Å²) in [5, 5.41) is 3.83.